The van der Waals surface area contributed by atoms with Gasteiger partial charge >= 0.3 is 11.9 Å². The van der Waals surface area contributed by atoms with Gasteiger partial charge in [0, 0.05) is 26.2 Å². The zero-order chi connectivity index (χ0) is 73.2. The van der Waals surface area contributed by atoms with E-state index in [1.165, 1.54) is 21.3 Å². The van der Waals surface area contributed by atoms with Crippen molar-refractivity contribution < 1.29 is 90.3 Å². The van der Waals surface area contributed by atoms with Gasteiger partial charge in [0.15, 0.2) is 59.2 Å². The van der Waals surface area contributed by atoms with Crippen LogP contribution in [0.5, 0.6) is 63.2 Å². The summed E-state index contributed by atoms with van der Waals surface area (Å²) in [5, 5.41) is 5.56. The first-order valence-corrected chi connectivity index (χ1v) is 35.0. The maximum absolute atomic E-state index is 14.7. The number of benzene rings is 6. The van der Waals surface area contributed by atoms with Crippen LogP contribution in [-0.4, -0.2) is 161 Å². The minimum atomic E-state index is -0.858. The van der Waals surface area contributed by atoms with E-state index >= 15 is 0 Å². The summed E-state index contributed by atoms with van der Waals surface area (Å²) in [6.45, 7) is 6.09. The summed E-state index contributed by atoms with van der Waals surface area (Å²) in [6.07, 6.45) is 5.39. The fourth-order valence-electron chi connectivity index (χ4n) is 13.3. The van der Waals surface area contributed by atoms with Gasteiger partial charge in [-0.1, -0.05) is 63.2 Å². The van der Waals surface area contributed by atoms with Crippen molar-refractivity contribution in [2.45, 2.75) is 140 Å². The van der Waals surface area contributed by atoms with E-state index in [0.717, 1.165) is 41.5 Å². The molecule has 0 unspecified atom stereocenters. The molecule has 8 rings (SSSR count). The van der Waals surface area contributed by atoms with E-state index in [1.807, 2.05) is 81.4 Å². The number of ether oxygens (including phenoxy) is 13. The summed E-state index contributed by atoms with van der Waals surface area (Å²) < 4.78 is 75.3. The lowest BCUT2D eigenvalue weighted by molar-refractivity contribution is -0.162. The summed E-state index contributed by atoms with van der Waals surface area (Å²) in [5.41, 5.74) is 5.41. The molecule has 2 aliphatic rings. The number of aryl methyl sites for hydroxylation is 3. The second-order valence-electron chi connectivity index (χ2n) is 25.0. The highest BCUT2D eigenvalue weighted by Gasteiger charge is 2.40. The Kier molecular flexibility index (Phi) is 29.4. The number of amides is 4. The lowest BCUT2D eigenvalue weighted by Crippen LogP contribution is -2.50. The Morgan fingerprint density at radius 1 is 0.431 bits per heavy atom. The maximum atomic E-state index is 14.7. The third-order valence-electron chi connectivity index (χ3n) is 18.8. The SMILES string of the molecule is CCc1cc([C@H](CC)C(=O)N2CCCC[C@H]2C(=O)O[C@H](CCc2ccc(OC)c(OC)c2)c2cccc(OCC(=O)NCCNC(=O)COc3cccc([C@@H](CCc4ccc(OC)c(OC)c4)OC(=O)[C@@H]4CCCCN4C(=O)[C@@H](CC)c4cc(OC)c(OC)c(OC)c4)c3)c2)cc(OC)c1OC. The van der Waals surface area contributed by atoms with E-state index in [-0.39, 0.29) is 38.1 Å². The number of nitrogens with one attached hydrogen (secondary N) is 2. The van der Waals surface area contributed by atoms with Crippen molar-refractivity contribution in [2.75, 3.05) is 103 Å². The molecule has 2 heterocycles. The minimum absolute atomic E-state index is 0.0755. The van der Waals surface area contributed by atoms with Gasteiger partial charge in [0.05, 0.1) is 75.8 Å². The molecular formula is C79H100N4O19. The first-order valence-electron chi connectivity index (χ1n) is 35.0. The Bertz CT molecular complexity index is 3510. The van der Waals surface area contributed by atoms with Crippen molar-refractivity contribution in [1.29, 1.82) is 0 Å². The monoisotopic (exact) mass is 1410 g/mol. The average Bonchev–Trinajstić information content (AvgIpc) is 0.798. The van der Waals surface area contributed by atoms with Gasteiger partial charge in [0.25, 0.3) is 11.8 Å². The average molecular weight is 1410 g/mol. The number of likely N-dealkylation sites (tertiary alicyclic amines) is 2. The number of piperidine rings is 2. The first kappa shape index (κ1) is 77.7. The van der Waals surface area contributed by atoms with Gasteiger partial charge in [-0.25, -0.2) is 9.59 Å². The summed E-state index contributed by atoms with van der Waals surface area (Å²) in [5.74, 6) is 1.83. The fourth-order valence-corrected chi connectivity index (χ4v) is 13.3. The van der Waals surface area contributed by atoms with Crippen LogP contribution in [0.1, 0.15) is 148 Å². The highest BCUT2D eigenvalue weighted by molar-refractivity contribution is 5.90. The molecule has 2 fully saturated rings. The zero-order valence-corrected chi connectivity index (χ0v) is 60.9. The third-order valence-corrected chi connectivity index (χ3v) is 18.8. The first-order chi connectivity index (χ1) is 49.5. The molecule has 550 valence electrons. The van der Waals surface area contributed by atoms with Crippen molar-refractivity contribution >= 4 is 35.6 Å². The van der Waals surface area contributed by atoms with E-state index in [1.54, 1.807) is 101 Å². The number of carbonyl (C=O) groups excluding carboxylic acids is 6. The van der Waals surface area contributed by atoms with Crippen LogP contribution in [-0.2, 0) is 57.5 Å². The Hall–Kier alpha value is -10.1. The molecule has 102 heavy (non-hydrogen) atoms. The molecule has 23 heteroatoms. The van der Waals surface area contributed by atoms with Crippen LogP contribution in [0.2, 0.25) is 0 Å². The van der Waals surface area contributed by atoms with E-state index in [0.29, 0.717) is 157 Å². The molecule has 6 aromatic rings. The Balaban J connectivity index is 0.885. The van der Waals surface area contributed by atoms with Crippen LogP contribution in [0.15, 0.2) is 109 Å². The predicted molar refractivity (Wildman–Crippen MR) is 383 cm³/mol. The van der Waals surface area contributed by atoms with Crippen molar-refractivity contribution in [2.24, 2.45) is 0 Å². The predicted octanol–water partition coefficient (Wildman–Crippen LogP) is 11.6. The number of esters is 2. The highest BCUT2D eigenvalue weighted by Crippen LogP contribution is 2.43. The molecule has 0 aromatic heterocycles. The van der Waals surface area contributed by atoms with Gasteiger partial charge in [-0.15, -0.1) is 0 Å². The Morgan fingerprint density at radius 3 is 1.22 bits per heavy atom. The molecule has 0 bridgehead atoms. The maximum Gasteiger partial charge on any atom is 0.329 e. The normalized spacial score (nSPS) is 15.4. The summed E-state index contributed by atoms with van der Waals surface area (Å²) in [4.78, 5) is 88.5. The smallest absolute Gasteiger partial charge is 0.329 e. The fraction of sp³-hybridized carbons (Fsp3) is 0.468. The lowest BCUT2D eigenvalue weighted by Gasteiger charge is -2.37. The number of hydrogen-bond acceptors (Lipinski definition) is 19. The summed E-state index contributed by atoms with van der Waals surface area (Å²) in [6, 6.07) is 31.0. The van der Waals surface area contributed by atoms with Gasteiger partial charge < -0.3 is 82.0 Å². The van der Waals surface area contributed by atoms with Crippen LogP contribution in [0.25, 0.3) is 0 Å². The molecule has 2 aliphatic heterocycles. The molecular weight excluding hydrogens is 1310 g/mol. The number of rotatable bonds is 37. The van der Waals surface area contributed by atoms with Crippen LogP contribution >= 0.6 is 0 Å². The van der Waals surface area contributed by atoms with Crippen LogP contribution in [0, 0.1) is 0 Å². The minimum Gasteiger partial charge on any atom is -0.493 e. The van der Waals surface area contributed by atoms with Crippen LogP contribution in [0.4, 0.5) is 0 Å². The van der Waals surface area contributed by atoms with Gasteiger partial charge in [-0.3, -0.25) is 19.2 Å². The molecule has 0 aliphatic carbocycles. The second-order valence-corrected chi connectivity index (χ2v) is 25.0. The van der Waals surface area contributed by atoms with E-state index in [2.05, 4.69) is 10.6 Å². The van der Waals surface area contributed by atoms with Crippen LogP contribution in [0.3, 0.4) is 0 Å². The summed E-state index contributed by atoms with van der Waals surface area (Å²) in [7, 11) is 14.0. The molecule has 2 saturated heterocycles. The number of hydrogen-bond donors (Lipinski definition) is 2. The molecule has 6 atom stereocenters. The molecule has 2 N–H and O–H groups in total. The van der Waals surface area contributed by atoms with E-state index < -0.39 is 59.9 Å². The topological polar surface area (TPSA) is 253 Å². The lowest BCUT2D eigenvalue weighted by atomic mass is 9.90. The van der Waals surface area contributed by atoms with Crippen molar-refractivity contribution in [3.63, 3.8) is 0 Å². The summed E-state index contributed by atoms with van der Waals surface area (Å²) >= 11 is 0. The number of nitrogens with zero attached hydrogens (tertiary/aromatic N) is 2. The molecule has 0 spiro atoms. The van der Waals surface area contributed by atoms with E-state index in [4.69, 9.17) is 61.6 Å². The Morgan fingerprint density at radius 2 is 0.833 bits per heavy atom. The molecule has 4 amide bonds. The molecule has 23 nitrogen and oxygen atoms in total. The Labute approximate surface area is 598 Å². The quantitative estimate of drug-likeness (QED) is 0.0271. The van der Waals surface area contributed by atoms with Gasteiger partial charge in [-0.2, -0.15) is 0 Å². The van der Waals surface area contributed by atoms with Gasteiger partial charge in [0.2, 0.25) is 17.6 Å². The van der Waals surface area contributed by atoms with Gasteiger partial charge in [0.1, 0.15) is 35.8 Å². The van der Waals surface area contributed by atoms with Crippen molar-refractivity contribution in [3.8, 4) is 63.2 Å². The molecule has 0 saturated carbocycles. The standard InChI is InChI=1S/C79H100N4O19/c1-13-52-42-55(45-69(94-8)74(52)97-11)59(14-2)76(86)82-38-18-16-26-61(82)78(88)101-63(32-28-50-30-34-65(90-4)67(40-50)92-6)53-22-20-24-57(43-53)99-48-72(84)80-36-37-81-73(85)49-100-58-25-21-23-54(44-58)64(33-29-51-31-35-66(91-5)68(41-51)93-7)102-79(89)62-27-17-19-39-83(62)77(87)60(15-3)56-46-70(95-9)75(98-12)71(47-56)96-10/h20-25,30-31,34-35,40-47,59-64H,13-19,26-29,32-33,36-39,48-49H2,1-12H3,(H,80,84)(H,81,85)/t59-,60-,61-,62-,63+,64+/m0/s1. The largest absolute Gasteiger partial charge is 0.493 e. The highest BCUT2D eigenvalue weighted by atomic mass is 16.6. The number of methoxy groups -OCH3 is 9. The van der Waals surface area contributed by atoms with Gasteiger partial charge in [-0.05, 0) is 189 Å². The number of carbonyl (C=O) groups is 6. The van der Waals surface area contributed by atoms with Crippen LogP contribution < -0.4 is 62.7 Å². The second kappa shape index (κ2) is 38.7. The van der Waals surface area contributed by atoms with Crippen molar-refractivity contribution in [3.05, 3.63) is 148 Å². The zero-order valence-electron chi connectivity index (χ0n) is 60.9. The third kappa shape index (κ3) is 19.9. The molecule has 0 radical (unpaired) electrons. The molecule has 6 aromatic carbocycles. The van der Waals surface area contributed by atoms with Crippen molar-refractivity contribution in [1.82, 2.24) is 20.4 Å². The van der Waals surface area contributed by atoms with E-state index in [9.17, 15) is 28.8 Å².